The Morgan fingerprint density at radius 1 is 1.25 bits per heavy atom. The summed E-state index contributed by atoms with van der Waals surface area (Å²) >= 11 is 5.57. The summed E-state index contributed by atoms with van der Waals surface area (Å²) in [5.41, 5.74) is 0. The average Bonchev–Trinajstić information content (AvgIpc) is 3.12. The van der Waals surface area contributed by atoms with Crippen molar-refractivity contribution in [3.63, 3.8) is 0 Å². The minimum absolute atomic E-state index is 0.0438. The number of halogens is 1. The first-order chi connectivity index (χ1) is 11.2. The van der Waals surface area contributed by atoms with Crippen molar-refractivity contribution in [2.45, 2.75) is 10.8 Å². The third-order valence-corrected chi connectivity index (χ3v) is 7.02. The van der Waals surface area contributed by atoms with Crippen LogP contribution in [0.15, 0.2) is 32.3 Å². The number of sulfonamides is 1. The zero-order chi connectivity index (χ0) is 17.9. The minimum Gasteiger partial charge on any atom is -0.350 e. The minimum atomic E-state index is -3.73. The van der Waals surface area contributed by atoms with Crippen molar-refractivity contribution in [2.75, 3.05) is 13.6 Å². The molecule has 0 aliphatic rings. The van der Waals surface area contributed by atoms with Crippen LogP contribution >= 0.6 is 38.6 Å². The molecule has 24 heavy (non-hydrogen) atoms. The lowest BCUT2D eigenvalue weighted by Crippen LogP contribution is -2.37. The summed E-state index contributed by atoms with van der Waals surface area (Å²) < 4.78 is 23.3. The van der Waals surface area contributed by atoms with E-state index in [1.807, 2.05) is 0 Å². The normalized spacial score (nSPS) is 11.3. The van der Waals surface area contributed by atoms with Gasteiger partial charge in [-0.15, -0.1) is 22.7 Å². The van der Waals surface area contributed by atoms with Crippen molar-refractivity contribution in [1.29, 1.82) is 0 Å². The van der Waals surface area contributed by atoms with E-state index in [1.165, 1.54) is 22.3 Å². The summed E-state index contributed by atoms with van der Waals surface area (Å²) in [5, 5.41) is 7.67. The van der Waals surface area contributed by atoms with Gasteiger partial charge in [-0.2, -0.15) is 0 Å². The molecular formula is C13H14BrN3O4S3. The van der Waals surface area contributed by atoms with Gasteiger partial charge in [0.25, 0.3) is 5.91 Å². The van der Waals surface area contributed by atoms with Crippen molar-refractivity contribution < 1.29 is 18.0 Å². The highest BCUT2D eigenvalue weighted by molar-refractivity contribution is 9.11. The molecule has 0 fully saturated rings. The number of rotatable bonds is 6. The number of carbonyl (C=O) groups is 2. The molecular weight excluding hydrogens is 438 g/mol. The van der Waals surface area contributed by atoms with Gasteiger partial charge in [0.05, 0.1) is 21.8 Å². The van der Waals surface area contributed by atoms with Crippen molar-refractivity contribution in [2.24, 2.45) is 5.14 Å². The Hall–Kier alpha value is -1.27. The Balaban J connectivity index is 1.87. The smallest absolute Gasteiger partial charge is 0.264 e. The van der Waals surface area contributed by atoms with Crippen LogP contribution in [0.1, 0.15) is 14.5 Å². The fraction of sp³-hybridized carbons (Fsp3) is 0.231. The van der Waals surface area contributed by atoms with Gasteiger partial charge in [0.2, 0.25) is 15.9 Å². The molecule has 0 bridgehead atoms. The van der Waals surface area contributed by atoms with E-state index in [4.69, 9.17) is 5.14 Å². The zero-order valence-corrected chi connectivity index (χ0v) is 16.5. The van der Waals surface area contributed by atoms with Crippen LogP contribution in [0, 0.1) is 0 Å². The van der Waals surface area contributed by atoms with Gasteiger partial charge in [0.15, 0.2) is 0 Å². The Kier molecular flexibility index (Phi) is 6.15. The molecule has 2 aromatic heterocycles. The van der Waals surface area contributed by atoms with Crippen LogP contribution in [0.25, 0.3) is 0 Å². The molecule has 0 aromatic carbocycles. The largest absolute Gasteiger partial charge is 0.350 e. The topological polar surface area (TPSA) is 110 Å². The second kappa shape index (κ2) is 7.74. The van der Waals surface area contributed by atoms with Crippen molar-refractivity contribution in [3.05, 3.63) is 37.8 Å². The van der Waals surface area contributed by atoms with Gasteiger partial charge in [0.1, 0.15) is 4.21 Å². The number of primary sulfonamides is 1. The summed E-state index contributed by atoms with van der Waals surface area (Å²) in [4.78, 5) is 26.6. The molecule has 7 nitrogen and oxygen atoms in total. The Labute approximate surface area is 155 Å². The van der Waals surface area contributed by atoms with E-state index in [0.29, 0.717) is 9.75 Å². The van der Waals surface area contributed by atoms with Crippen LogP contribution < -0.4 is 10.5 Å². The number of carbonyl (C=O) groups excluding carboxylic acids is 2. The molecule has 2 amide bonds. The average molecular weight is 452 g/mol. The first kappa shape index (κ1) is 19.1. The van der Waals surface area contributed by atoms with E-state index < -0.39 is 10.0 Å². The fourth-order valence-electron chi connectivity index (χ4n) is 1.75. The molecule has 130 valence electrons. The fourth-order valence-corrected chi connectivity index (χ4v) is 4.85. The highest BCUT2D eigenvalue weighted by Gasteiger charge is 2.17. The molecule has 2 aromatic rings. The van der Waals surface area contributed by atoms with E-state index >= 15 is 0 Å². The molecule has 0 atom stereocenters. The lowest BCUT2D eigenvalue weighted by molar-refractivity contribution is -0.121. The first-order valence-electron chi connectivity index (χ1n) is 6.56. The van der Waals surface area contributed by atoms with Gasteiger partial charge in [-0.3, -0.25) is 9.59 Å². The molecule has 0 saturated heterocycles. The SMILES string of the molecule is CN(CC(=O)NCc1ccc(S(N)(=O)=O)s1)C(=O)c1ccc(Br)s1. The second-order valence-electron chi connectivity index (χ2n) is 4.81. The van der Waals surface area contributed by atoms with Gasteiger partial charge >= 0.3 is 0 Å². The van der Waals surface area contributed by atoms with Crippen LogP contribution in [0.2, 0.25) is 0 Å². The molecule has 0 saturated carbocycles. The van der Waals surface area contributed by atoms with Gasteiger partial charge in [-0.05, 0) is 40.2 Å². The van der Waals surface area contributed by atoms with E-state index in [1.54, 1.807) is 25.2 Å². The maximum atomic E-state index is 12.1. The molecule has 2 heterocycles. The lowest BCUT2D eigenvalue weighted by atomic mass is 10.4. The molecule has 3 N–H and O–H groups in total. The molecule has 2 rings (SSSR count). The second-order valence-corrected chi connectivity index (χ2v) is 10.2. The molecule has 11 heteroatoms. The van der Waals surface area contributed by atoms with Crippen LogP contribution in [0.3, 0.4) is 0 Å². The number of amides is 2. The number of hydrogen-bond donors (Lipinski definition) is 2. The van der Waals surface area contributed by atoms with Crippen LogP contribution in [0.4, 0.5) is 0 Å². The summed E-state index contributed by atoms with van der Waals surface area (Å²) in [6.07, 6.45) is 0. The van der Waals surface area contributed by atoms with Gasteiger partial charge < -0.3 is 10.2 Å². The van der Waals surface area contributed by atoms with Crippen LogP contribution in [0.5, 0.6) is 0 Å². The predicted molar refractivity (Wildman–Crippen MR) is 96.5 cm³/mol. The van der Waals surface area contributed by atoms with Gasteiger partial charge in [-0.1, -0.05) is 0 Å². The monoisotopic (exact) mass is 451 g/mol. The zero-order valence-electron chi connectivity index (χ0n) is 12.5. The summed E-state index contributed by atoms with van der Waals surface area (Å²) in [6.45, 7) is 0.0768. The van der Waals surface area contributed by atoms with Crippen LogP contribution in [-0.2, 0) is 21.4 Å². The van der Waals surface area contributed by atoms with E-state index in [-0.39, 0.29) is 29.1 Å². The number of nitrogens with one attached hydrogen (secondary N) is 1. The van der Waals surface area contributed by atoms with Crippen LogP contribution in [-0.4, -0.2) is 38.7 Å². The van der Waals surface area contributed by atoms with Crippen molar-refractivity contribution in [3.8, 4) is 0 Å². The molecule has 0 unspecified atom stereocenters. The number of thiophene rings is 2. The molecule has 0 spiro atoms. The molecule has 0 aliphatic heterocycles. The van der Waals surface area contributed by atoms with E-state index in [2.05, 4.69) is 21.2 Å². The maximum absolute atomic E-state index is 12.1. The third-order valence-electron chi connectivity index (χ3n) is 2.89. The summed E-state index contributed by atoms with van der Waals surface area (Å²) in [6, 6.07) is 6.44. The Bertz CT molecular complexity index is 859. The summed E-state index contributed by atoms with van der Waals surface area (Å²) in [5.74, 6) is -0.583. The predicted octanol–water partition coefficient (Wildman–Crippen LogP) is 1.61. The maximum Gasteiger partial charge on any atom is 0.264 e. The molecule has 0 radical (unpaired) electrons. The Morgan fingerprint density at radius 3 is 2.50 bits per heavy atom. The number of nitrogens with zero attached hydrogens (tertiary/aromatic N) is 1. The standard InChI is InChI=1S/C13H14BrN3O4S3/c1-17(13(19)9-3-4-10(14)23-9)7-11(18)16-6-8-2-5-12(22-8)24(15,20)21/h2-5H,6-7H2,1H3,(H,16,18)(H2,15,20,21). The van der Waals surface area contributed by atoms with Gasteiger partial charge in [-0.25, -0.2) is 13.6 Å². The number of hydrogen-bond acceptors (Lipinski definition) is 6. The Morgan fingerprint density at radius 2 is 1.96 bits per heavy atom. The lowest BCUT2D eigenvalue weighted by Gasteiger charge is -2.15. The number of likely N-dealkylation sites (N-methyl/N-ethyl adjacent to an activating group) is 1. The third kappa shape index (κ3) is 5.11. The van der Waals surface area contributed by atoms with E-state index in [0.717, 1.165) is 15.1 Å². The van der Waals surface area contributed by atoms with E-state index in [9.17, 15) is 18.0 Å². The quantitative estimate of drug-likeness (QED) is 0.694. The van der Waals surface area contributed by atoms with Crippen molar-refractivity contribution >= 4 is 60.4 Å². The summed E-state index contributed by atoms with van der Waals surface area (Å²) in [7, 11) is -2.19. The van der Waals surface area contributed by atoms with Gasteiger partial charge in [0, 0.05) is 11.9 Å². The first-order valence-corrected chi connectivity index (χ1v) is 10.5. The molecule has 0 aliphatic carbocycles. The van der Waals surface area contributed by atoms with Crippen molar-refractivity contribution in [1.82, 2.24) is 10.2 Å². The highest BCUT2D eigenvalue weighted by Crippen LogP contribution is 2.23. The highest BCUT2D eigenvalue weighted by atomic mass is 79.9. The number of nitrogens with two attached hydrogens (primary N) is 1.